The molecule has 0 spiro atoms. The number of phenolic OH excluding ortho intramolecular Hbond substituents is 1. The van der Waals surface area contributed by atoms with Crippen LogP contribution >= 0.6 is 11.6 Å². The second kappa shape index (κ2) is 9.83. The lowest BCUT2D eigenvalue weighted by atomic mass is 9.98. The highest BCUT2D eigenvalue weighted by Crippen LogP contribution is 2.39. The Kier molecular flexibility index (Phi) is 7.17. The predicted molar refractivity (Wildman–Crippen MR) is 117 cm³/mol. The minimum absolute atomic E-state index is 0.0298. The van der Waals surface area contributed by atoms with E-state index >= 15 is 0 Å². The summed E-state index contributed by atoms with van der Waals surface area (Å²) in [5, 5.41) is 10.4. The van der Waals surface area contributed by atoms with Gasteiger partial charge in [-0.05, 0) is 48.4 Å². The normalized spacial score (nSPS) is 13.8. The van der Waals surface area contributed by atoms with Crippen molar-refractivity contribution in [2.24, 2.45) is 0 Å². The van der Waals surface area contributed by atoms with E-state index in [4.69, 9.17) is 16.3 Å². The average Bonchev–Trinajstić information content (AvgIpc) is 2.79. The third-order valence-electron chi connectivity index (χ3n) is 5.35. The maximum Gasteiger partial charge on any atom is 0.246 e. The molecule has 3 rings (SSSR count). The molecule has 8 heteroatoms. The van der Waals surface area contributed by atoms with Gasteiger partial charge >= 0.3 is 0 Å². The van der Waals surface area contributed by atoms with Crippen molar-refractivity contribution in [2.45, 2.75) is 12.8 Å². The van der Waals surface area contributed by atoms with Gasteiger partial charge in [-0.1, -0.05) is 18.2 Å². The summed E-state index contributed by atoms with van der Waals surface area (Å²) in [5.41, 5.74) is 1.45. The molecule has 0 aromatic heterocycles. The van der Waals surface area contributed by atoms with Gasteiger partial charge in [0.1, 0.15) is 17.3 Å². The van der Waals surface area contributed by atoms with Gasteiger partial charge in [0, 0.05) is 43.7 Å². The van der Waals surface area contributed by atoms with E-state index in [9.17, 15) is 19.1 Å². The van der Waals surface area contributed by atoms with Crippen LogP contribution in [0.4, 0.5) is 4.39 Å². The number of nitrogens with zero attached hydrogens (tertiary/aromatic N) is 2. The number of methoxy groups -OCH3 is 1. The first-order chi connectivity index (χ1) is 14.8. The Bertz CT molecular complexity index is 1000. The van der Waals surface area contributed by atoms with Gasteiger partial charge in [0.25, 0.3) is 0 Å². The summed E-state index contributed by atoms with van der Waals surface area (Å²) in [6, 6.07) is 6.95. The molecule has 0 saturated carbocycles. The number of hydrogen-bond donors (Lipinski definition) is 1. The first-order valence-electron chi connectivity index (χ1n) is 9.88. The third kappa shape index (κ3) is 5.17. The van der Waals surface area contributed by atoms with Crippen molar-refractivity contribution in [2.75, 3.05) is 33.3 Å². The Balaban J connectivity index is 1.74. The molecule has 1 heterocycles. The number of amides is 2. The van der Waals surface area contributed by atoms with Gasteiger partial charge in [-0.25, -0.2) is 4.39 Å². The second-order valence-corrected chi connectivity index (χ2v) is 7.62. The molecule has 1 fully saturated rings. The van der Waals surface area contributed by atoms with Gasteiger partial charge in [-0.3, -0.25) is 9.59 Å². The maximum atomic E-state index is 13.7. The van der Waals surface area contributed by atoms with Gasteiger partial charge in [0.2, 0.25) is 11.8 Å². The molecule has 2 amide bonds. The minimum atomic E-state index is -0.495. The molecule has 1 saturated heterocycles. The van der Waals surface area contributed by atoms with E-state index in [0.29, 0.717) is 48.9 Å². The molecule has 0 unspecified atom stereocenters. The number of phenols is 1. The summed E-state index contributed by atoms with van der Waals surface area (Å²) in [7, 11) is 1.51. The summed E-state index contributed by atoms with van der Waals surface area (Å²) in [4.78, 5) is 27.8. The van der Waals surface area contributed by atoms with Gasteiger partial charge in [0.15, 0.2) is 0 Å². The summed E-state index contributed by atoms with van der Waals surface area (Å²) < 4.78 is 19.1. The number of hydrogen-bond acceptors (Lipinski definition) is 4. The van der Waals surface area contributed by atoms with E-state index in [0.717, 1.165) is 11.6 Å². The average molecular weight is 447 g/mol. The third-order valence-corrected chi connectivity index (χ3v) is 5.66. The number of aromatic hydroxyl groups is 1. The van der Waals surface area contributed by atoms with E-state index in [1.807, 2.05) is 0 Å². The molecule has 2 aromatic rings. The maximum absolute atomic E-state index is 13.7. The zero-order valence-corrected chi connectivity index (χ0v) is 18.0. The number of halogens is 2. The lowest BCUT2D eigenvalue weighted by molar-refractivity contribution is -0.137. The van der Waals surface area contributed by atoms with Crippen molar-refractivity contribution in [3.8, 4) is 22.6 Å². The molecule has 6 nitrogen and oxygen atoms in total. The topological polar surface area (TPSA) is 70.1 Å². The van der Waals surface area contributed by atoms with E-state index in [2.05, 4.69) is 6.58 Å². The van der Waals surface area contributed by atoms with Crippen molar-refractivity contribution in [3.63, 3.8) is 0 Å². The Morgan fingerprint density at radius 3 is 2.48 bits per heavy atom. The quantitative estimate of drug-likeness (QED) is 0.688. The lowest BCUT2D eigenvalue weighted by Crippen LogP contribution is -2.50. The minimum Gasteiger partial charge on any atom is -0.507 e. The number of benzene rings is 2. The van der Waals surface area contributed by atoms with Gasteiger partial charge in [-0.2, -0.15) is 0 Å². The fourth-order valence-corrected chi connectivity index (χ4v) is 3.88. The molecule has 0 aliphatic carbocycles. The molecule has 1 aliphatic heterocycles. The van der Waals surface area contributed by atoms with Crippen molar-refractivity contribution < 1.29 is 23.8 Å². The van der Waals surface area contributed by atoms with E-state index < -0.39 is 5.82 Å². The number of piperazine rings is 1. The standard InChI is InChI=1S/C23H24ClFN2O4/c1-3-22(29)26-8-10-27(11-9-26)23(30)7-4-15-12-17(19(24)14-21(15)31-2)18-13-16(25)5-6-20(18)28/h3,5-6,12-14,28H,1,4,7-11H2,2H3. The highest BCUT2D eigenvalue weighted by Gasteiger charge is 2.23. The van der Waals surface area contributed by atoms with E-state index in [1.54, 1.807) is 21.9 Å². The summed E-state index contributed by atoms with van der Waals surface area (Å²) in [6.45, 7) is 5.38. The molecule has 0 bridgehead atoms. The fourth-order valence-electron chi connectivity index (χ4n) is 3.62. The molecule has 0 radical (unpaired) electrons. The molecule has 1 aliphatic rings. The second-order valence-electron chi connectivity index (χ2n) is 7.22. The van der Waals surface area contributed by atoms with E-state index in [1.165, 1.54) is 25.3 Å². The number of aryl methyl sites for hydroxylation is 1. The van der Waals surface area contributed by atoms with Crippen LogP contribution in [-0.2, 0) is 16.0 Å². The van der Waals surface area contributed by atoms with Crippen molar-refractivity contribution in [1.82, 2.24) is 9.80 Å². The van der Waals surface area contributed by atoms with Crippen molar-refractivity contribution in [3.05, 3.63) is 59.4 Å². The Hall–Kier alpha value is -3.06. The van der Waals surface area contributed by atoms with Crippen molar-refractivity contribution >= 4 is 23.4 Å². The number of carbonyl (C=O) groups excluding carboxylic acids is 2. The lowest BCUT2D eigenvalue weighted by Gasteiger charge is -2.34. The molecule has 1 N–H and O–H groups in total. The van der Waals surface area contributed by atoms with Crippen LogP contribution in [0.15, 0.2) is 43.0 Å². The first kappa shape index (κ1) is 22.6. The number of ether oxygens (including phenoxy) is 1. The molecule has 164 valence electrons. The highest BCUT2D eigenvalue weighted by molar-refractivity contribution is 6.33. The summed E-state index contributed by atoms with van der Waals surface area (Å²) >= 11 is 6.35. The molecule has 2 aromatic carbocycles. The molecular formula is C23H24ClFN2O4. The zero-order valence-electron chi connectivity index (χ0n) is 17.2. The summed E-state index contributed by atoms with van der Waals surface area (Å²) in [5.74, 6) is -0.240. The molecule has 31 heavy (non-hydrogen) atoms. The monoisotopic (exact) mass is 446 g/mol. The van der Waals surface area contributed by atoms with Crippen molar-refractivity contribution in [1.29, 1.82) is 0 Å². The largest absolute Gasteiger partial charge is 0.507 e. The Morgan fingerprint density at radius 1 is 1.16 bits per heavy atom. The van der Waals surface area contributed by atoms with Gasteiger partial charge < -0.3 is 19.6 Å². The van der Waals surface area contributed by atoms with Crippen LogP contribution < -0.4 is 4.74 Å². The SMILES string of the molecule is C=CC(=O)N1CCN(C(=O)CCc2cc(-c3cc(F)ccc3O)c(Cl)cc2OC)CC1. The fraction of sp³-hybridized carbons (Fsp3) is 0.304. The van der Waals surface area contributed by atoms with Crippen LogP contribution in [0.2, 0.25) is 5.02 Å². The number of carbonyl (C=O) groups is 2. The Morgan fingerprint density at radius 2 is 1.84 bits per heavy atom. The van der Waals surface area contributed by atoms with Gasteiger partial charge in [0.05, 0.1) is 12.1 Å². The van der Waals surface area contributed by atoms with Crippen LogP contribution in [0.25, 0.3) is 11.1 Å². The van der Waals surface area contributed by atoms with Gasteiger partial charge in [-0.15, -0.1) is 0 Å². The van der Waals surface area contributed by atoms with Crippen LogP contribution in [0, 0.1) is 5.82 Å². The van der Waals surface area contributed by atoms with E-state index in [-0.39, 0.29) is 29.5 Å². The predicted octanol–water partition coefficient (Wildman–Crippen LogP) is 3.65. The molecular weight excluding hydrogens is 423 g/mol. The summed E-state index contributed by atoms with van der Waals surface area (Å²) in [6.07, 6.45) is 1.90. The number of rotatable bonds is 6. The molecule has 0 atom stereocenters. The van der Waals surface area contributed by atoms with Crippen LogP contribution in [0.5, 0.6) is 11.5 Å². The van der Waals surface area contributed by atoms with Crippen LogP contribution in [0.1, 0.15) is 12.0 Å². The zero-order chi connectivity index (χ0) is 22.5. The smallest absolute Gasteiger partial charge is 0.246 e. The van der Waals surface area contributed by atoms with Crippen LogP contribution in [-0.4, -0.2) is 60.0 Å². The van der Waals surface area contributed by atoms with Crippen LogP contribution in [0.3, 0.4) is 0 Å². The first-order valence-corrected chi connectivity index (χ1v) is 10.3. The highest BCUT2D eigenvalue weighted by atomic mass is 35.5. The Labute approximate surface area is 185 Å².